The molecule has 0 saturated carbocycles. The second-order valence-electron chi connectivity index (χ2n) is 7.22. The fraction of sp³-hybridized carbons (Fsp3) is 0.240. The van der Waals surface area contributed by atoms with Crippen LogP contribution in [-0.2, 0) is 17.8 Å². The predicted molar refractivity (Wildman–Crippen MR) is 116 cm³/mol. The lowest BCUT2D eigenvalue weighted by Gasteiger charge is -2.20. The zero-order valence-electron chi connectivity index (χ0n) is 17.3. The summed E-state index contributed by atoms with van der Waals surface area (Å²) in [5.41, 5.74) is 3.95. The van der Waals surface area contributed by atoms with E-state index in [0.29, 0.717) is 37.6 Å². The molecule has 0 unspecified atom stereocenters. The van der Waals surface area contributed by atoms with Crippen LogP contribution in [0.3, 0.4) is 0 Å². The van der Waals surface area contributed by atoms with Crippen molar-refractivity contribution in [2.24, 2.45) is 0 Å². The van der Waals surface area contributed by atoms with E-state index in [1.165, 1.54) is 0 Å². The Balaban J connectivity index is 1.65. The molecule has 0 radical (unpaired) electrons. The van der Waals surface area contributed by atoms with Gasteiger partial charge in [-0.1, -0.05) is 42.5 Å². The molecule has 0 aliphatic carbocycles. The predicted octanol–water partition coefficient (Wildman–Crippen LogP) is 4.33. The molecule has 4 rings (SSSR count). The lowest BCUT2D eigenvalue weighted by atomic mass is 10.0. The fourth-order valence-corrected chi connectivity index (χ4v) is 3.70. The largest absolute Gasteiger partial charge is 0.497 e. The molecule has 1 amide bonds. The highest BCUT2D eigenvalue weighted by Crippen LogP contribution is 2.39. The smallest absolute Gasteiger partial charge is 0.227 e. The van der Waals surface area contributed by atoms with Gasteiger partial charge in [0.05, 0.1) is 27.2 Å². The van der Waals surface area contributed by atoms with Gasteiger partial charge in [0, 0.05) is 12.1 Å². The standard InChI is InChI=1S/C25H25NO4/c1-28-22-10-6-9-19(15-22)20-14-21-17-26(11-12-30-25(21)23(16-20)29-2)24(27)13-18-7-4-3-5-8-18/h3-10,14-16H,11-13,17H2,1-2H3. The van der Waals surface area contributed by atoms with Gasteiger partial charge in [-0.2, -0.15) is 0 Å². The van der Waals surface area contributed by atoms with E-state index in [1.807, 2.05) is 65.6 Å². The number of hydrogen-bond donors (Lipinski definition) is 0. The average molecular weight is 403 g/mol. The first-order chi connectivity index (χ1) is 14.7. The fourth-order valence-electron chi connectivity index (χ4n) is 3.70. The second-order valence-corrected chi connectivity index (χ2v) is 7.22. The Labute approximate surface area is 176 Å². The Kier molecular flexibility index (Phi) is 5.89. The summed E-state index contributed by atoms with van der Waals surface area (Å²) >= 11 is 0. The number of carbonyl (C=O) groups is 1. The monoisotopic (exact) mass is 403 g/mol. The summed E-state index contributed by atoms with van der Waals surface area (Å²) < 4.78 is 17.0. The summed E-state index contributed by atoms with van der Waals surface area (Å²) in [6.07, 6.45) is 0.378. The minimum atomic E-state index is 0.0865. The first-order valence-electron chi connectivity index (χ1n) is 9.98. The molecule has 3 aromatic carbocycles. The normalized spacial score (nSPS) is 13.1. The van der Waals surface area contributed by atoms with Crippen molar-refractivity contribution in [3.8, 4) is 28.4 Å². The van der Waals surface area contributed by atoms with Gasteiger partial charge in [0.2, 0.25) is 5.91 Å². The first kappa shape index (κ1) is 19.8. The van der Waals surface area contributed by atoms with Crippen LogP contribution in [0.4, 0.5) is 0 Å². The number of ether oxygens (including phenoxy) is 3. The van der Waals surface area contributed by atoms with Crippen molar-refractivity contribution in [2.45, 2.75) is 13.0 Å². The molecule has 0 spiro atoms. The number of hydrogen-bond acceptors (Lipinski definition) is 4. The number of rotatable bonds is 5. The molecule has 1 aliphatic rings. The van der Waals surface area contributed by atoms with Crippen molar-refractivity contribution in [1.82, 2.24) is 4.90 Å². The van der Waals surface area contributed by atoms with E-state index in [2.05, 4.69) is 6.07 Å². The van der Waals surface area contributed by atoms with E-state index in [-0.39, 0.29) is 5.91 Å². The summed E-state index contributed by atoms with van der Waals surface area (Å²) in [6.45, 7) is 1.45. The molecule has 5 heteroatoms. The molecular weight excluding hydrogens is 378 g/mol. The van der Waals surface area contributed by atoms with E-state index >= 15 is 0 Å². The van der Waals surface area contributed by atoms with E-state index in [1.54, 1.807) is 14.2 Å². The molecule has 3 aromatic rings. The number of carbonyl (C=O) groups excluding carboxylic acids is 1. The lowest BCUT2D eigenvalue weighted by Crippen LogP contribution is -2.33. The highest BCUT2D eigenvalue weighted by molar-refractivity contribution is 5.79. The molecule has 0 aromatic heterocycles. The highest BCUT2D eigenvalue weighted by atomic mass is 16.5. The topological polar surface area (TPSA) is 48.0 Å². The highest BCUT2D eigenvalue weighted by Gasteiger charge is 2.23. The van der Waals surface area contributed by atoms with Crippen LogP contribution < -0.4 is 14.2 Å². The molecule has 0 N–H and O–H groups in total. The van der Waals surface area contributed by atoms with Crippen LogP contribution in [0.5, 0.6) is 17.2 Å². The first-order valence-corrected chi connectivity index (χ1v) is 9.98. The van der Waals surface area contributed by atoms with Crippen molar-refractivity contribution in [2.75, 3.05) is 27.4 Å². The number of nitrogens with zero attached hydrogens (tertiary/aromatic N) is 1. The van der Waals surface area contributed by atoms with Crippen molar-refractivity contribution in [3.05, 3.63) is 77.9 Å². The van der Waals surface area contributed by atoms with Crippen LogP contribution in [0.1, 0.15) is 11.1 Å². The van der Waals surface area contributed by atoms with Gasteiger partial charge in [-0.3, -0.25) is 4.79 Å². The molecule has 30 heavy (non-hydrogen) atoms. The van der Waals surface area contributed by atoms with Crippen molar-refractivity contribution >= 4 is 5.91 Å². The minimum Gasteiger partial charge on any atom is -0.497 e. The minimum absolute atomic E-state index is 0.0865. The van der Waals surface area contributed by atoms with Crippen LogP contribution in [0.25, 0.3) is 11.1 Å². The van der Waals surface area contributed by atoms with Crippen molar-refractivity contribution in [3.63, 3.8) is 0 Å². The van der Waals surface area contributed by atoms with Crippen molar-refractivity contribution < 1.29 is 19.0 Å². The average Bonchev–Trinajstić information content (AvgIpc) is 3.02. The molecule has 1 heterocycles. The molecule has 154 valence electrons. The van der Waals surface area contributed by atoms with Gasteiger partial charge in [-0.05, 0) is 41.0 Å². The summed E-state index contributed by atoms with van der Waals surface area (Å²) in [5, 5.41) is 0. The third kappa shape index (κ3) is 4.25. The van der Waals surface area contributed by atoms with Gasteiger partial charge in [0.25, 0.3) is 0 Å². The van der Waals surface area contributed by atoms with E-state index < -0.39 is 0 Å². The maximum Gasteiger partial charge on any atom is 0.227 e. The van der Waals surface area contributed by atoms with Crippen LogP contribution in [0.2, 0.25) is 0 Å². The lowest BCUT2D eigenvalue weighted by molar-refractivity contribution is -0.131. The molecule has 0 saturated heterocycles. The van der Waals surface area contributed by atoms with Gasteiger partial charge < -0.3 is 19.1 Å². The van der Waals surface area contributed by atoms with Crippen molar-refractivity contribution in [1.29, 1.82) is 0 Å². The van der Waals surface area contributed by atoms with E-state index in [4.69, 9.17) is 14.2 Å². The Bertz CT molecular complexity index is 1030. The van der Waals surface area contributed by atoms with Gasteiger partial charge in [0.1, 0.15) is 12.4 Å². The zero-order chi connectivity index (χ0) is 20.9. The SMILES string of the molecule is COc1cccc(-c2cc3c(c(OC)c2)OCCN(C(=O)Cc2ccccc2)C3)c1. The Morgan fingerprint density at radius 3 is 2.57 bits per heavy atom. The van der Waals surface area contributed by atoms with Crippen LogP contribution in [0, 0.1) is 0 Å². The van der Waals surface area contributed by atoms with Crippen LogP contribution >= 0.6 is 0 Å². The van der Waals surface area contributed by atoms with Crippen LogP contribution in [-0.4, -0.2) is 38.2 Å². The Morgan fingerprint density at radius 1 is 0.967 bits per heavy atom. The summed E-state index contributed by atoms with van der Waals surface area (Å²) in [6, 6.07) is 21.7. The van der Waals surface area contributed by atoms with E-state index in [9.17, 15) is 4.79 Å². The number of benzene rings is 3. The summed E-state index contributed by atoms with van der Waals surface area (Å²) in [5.74, 6) is 2.25. The molecular formula is C25H25NO4. The van der Waals surface area contributed by atoms with Gasteiger partial charge in [-0.15, -0.1) is 0 Å². The third-order valence-electron chi connectivity index (χ3n) is 5.27. The Morgan fingerprint density at radius 2 is 1.80 bits per heavy atom. The second kappa shape index (κ2) is 8.91. The van der Waals surface area contributed by atoms with Gasteiger partial charge in [0.15, 0.2) is 11.5 Å². The van der Waals surface area contributed by atoms with Gasteiger partial charge >= 0.3 is 0 Å². The summed E-state index contributed by atoms with van der Waals surface area (Å²) in [4.78, 5) is 14.8. The molecule has 0 fully saturated rings. The number of fused-ring (bicyclic) bond motifs is 1. The quantitative estimate of drug-likeness (QED) is 0.636. The number of amides is 1. The Hall–Kier alpha value is -3.47. The maximum atomic E-state index is 12.9. The van der Waals surface area contributed by atoms with E-state index in [0.717, 1.165) is 28.0 Å². The molecule has 0 atom stereocenters. The number of methoxy groups -OCH3 is 2. The van der Waals surface area contributed by atoms with Gasteiger partial charge in [-0.25, -0.2) is 0 Å². The maximum absolute atomic E-state index is 12.9. The molecule has 1 aliphatic heterocycles. The van der Waals surface area contributed by atoms with Crippen LogP contribution in [0.15, 0.2) is 66.7 Å². The third-order valence-corrected chi connectivity index (χ3v) is 5.27. The molecule has 0 bridgehead atoms. The molecule has 5 nitrogen and oxygen atoms in total. The summed E-state index contributed by atoms with van der Waals surface area (Å²) in [7, 11) is 3.29. The zero-order valence-corrected chi connectivity index (χ0v) is 17.3.